The third-order valence-electron chi connectivity index (χ3n) is 2.01. The molecule has 0 spiro atoms. The summed E-state index contributed by atoms with van der Waals surface area (Å²) >= 11 is 1.94. The second kappa shape index (κ2) is 4.47. The fourth-order valence-corrected chi connectivity index (χ4v) is 1.83. The van der Waals surface area contributed by atoms with Crippen molar-refractivity contribution in [3.63, 3.8) is 0 Å². The van der Waals surface area contributed by atoms with E-state index >= 15 is 0 Å². The molecule has 1 unspecified atom stereocenters. The molecular weight excluding hydrogens is 263 g/mol. The number of carbonyl (C=O) groups is 2. The summed E-state index contributed by atoms with van der Waals surface area (Å²) in [4.78, 5) is 21.7. The number of hydrogen-bond acceptors (Lipinski definition) is 2. The Labute approximate surface area is 94.7 Å². The third-order valence-corrected chi connectivity index (χ3v) is 3.29. The van der Waals surface area contributed by atoms with Gasteiger partial charge in [-0.15, -0.1) is 0 Å². The number of hydrogen-bond donors (Lipinski definition) is 2. The first-order valence-electron chi connectivity index (χ1n) is 4.20. The summed E-state index contributed by atoms with van der Waals surface area (Å²) in [6.07, 6.45) is -0.452. The van der Waals surface area contributed by atoms with Crippen LogP contribution >= 0.6 is 0 Å². The predicted octanol–water partition coefficient (Wildman–Crippen LogP) is 0.342. The molecule has 0 amide bonds. The number of aliphatic carboxylic acids is 2. The first kappa shape index (κ1) is 11.8. The number of rotatable bonds is 4. The third kappa shape index (κ3) is 2.58. The fraction of sp³-hybridized carbons (Fsp3) is 0.200. The molecule has 5 heteroatoms. The van der Waals surface area contributed by atoms with Crippen LogP contribution in [0.15, 0.2) is 30.3 Å². The topological polar surface area (TPSA) is 74.6 Å². The molecule has 0 saturated carbocycles. The van der Waals surface area contributed by atoms with Gasteiger partial charge < -0.3 is 0 Å². The molecule has 15 heavy (non-hydrogen) atoms. The van der Waals surface area contributed by atoms with Crippen LogP contribution in [0.2, 0.25) is 0 Å². The van der Waals surface area contributed by atoms with Crippen LogP contribution in [0, 0.1) is 0 Å². The van der Waals surface area contributed by atoms with E-state index in [1.54, 1.807) is 30.3 Å². The van der Waals surface area contributed by atoms with Gasteiger partial charge in [0.1, 0.15) is 0 Å². The van der Waals surface area contributed by atoms with Crippen molar-refractivity contribution < 1.29 is 19.8 Å². The van der Waals surface area contributed by atoms with Crippen molar-refractivity contribution in [3.8, 4) is 0 Å². The second-order valence-electron chi connectivity index (χ2n) is 3.10. The number of benzene rings is 1. The van der Waals surface area contributed by atoms with E-state index in [4.69, 9.17) is 10.2 Å². The first-order chi connectivity index (χ1) is 6.97. The molecule has 0 aromatic heterocycles. The SMILES string of the molecule is O=C(O)CC([SeH])(C(=O)O)c1ccccc1. The van der Waals surface area contributed by atoms with Crippen LogP contribution in [0.5, 0.6) is 0 Å². The van der Waals surface area contributed by atoms with Gasteiger partial charge in [0, 0.05) is 0 Å². The van der Waals surface area contributed by atoms with Gasteiger partial charge in [0.05, 0.1) is 0 Å². The van der Waals surface area contributed by atoms with Gasteiger partial charge in [-0.2, -0.15) is 0 Å². The zero-order valence-corrected chi connectivity index (χ0v) is 9.63. The molecule has 0 aliphatic rings. The maximum atomic E-state index is 11.1. The van der Waals surface area contributed by atoms with E-state index in [0.29, 0.717) is 5.56 Å². The van der Waals surface area contributed by atoms with Gasteiger partial charge >= 0.3 is 94.4 Å². The van der Waals surface area contributed by atoms with Crippen LogP contribution in [0.4, 0.5) is 0 Å². The minimum atomic E-state index is -1.43. The van der Waals surface area contributed by atoms with Crippen LogP contribution in [0.1, 0.15) is 12.0 Å². The van der Waals surface area contributed by atoms with Crippen LogP contribution in [0.3, 0.4) is 0 Å². The second-order valence-corrected chi connectivity index (χ2v) is 4.70. The summed E-state index contributed by atoms with van der Waals surface area (Å²) < 4.78 is -1.43. The van der Waals surface area contributed by atoms with E-state index in [1.807, 2.05) is 16.0 Å². The number of carboxylic acid groups (broad SMARTS) is 2. The molecule has 80 valence electrons. The van der Waals surface area contributed by atoms with Gasteiger partial charge in [0.25, 0.3) is 0 Å². The van der Waals surface area contributed by atoms with Crippen molar-refractivity contribution in [2.24, 2.45) is 0 Å². The van der Waals surface area contributed by atoms with Gasteiger partial charge in [-0.05, 0) is 0 Å². The summed E-state index contributed by atoms with van der Waals surface area (Å²) in [5.41, 5.74) is 0.472. The van der Waals surface area contributed by atoms with E-state index < -0.39 is 22.7 Å². The van der Waals surface area contributed by atoms with Crippen molar-refractivity contribution in [2.45, 2.75) is 10.7 Å². The zero-order valence-electron chi connectivity index (χ0n) is 7.75. The quantitative estimate of drug-likeness (QED) is 0.776. The Morgan fingerprint density at radius 1 is 1.20 bits per heavy atom. The van der Waals surface area contributed by atoms with Crippen molar-refractivity contribution in [3.05, 3.63) is 35.9 Å². The molecule has 1 rings (SSSR count). The first-order valence-corrected chi connectivity index (χ1v) is 5.14. The minimum absolute atomic E-state index is 0.452. The molecule has 4 nitrogen and oxygen atoms in total. The summed E-state index contributed by atoms with van der Waals surface area (Å²) in [5.74, 6) is -2.29. The average molecular weight is 273 g/mol. The summed E-state index contributed by atoms with van der Waals surface area (Å²) in [6, 6.07) is 8.33. The monoisotopic (exact) mass is 274 g/mol. The Morgan fingerprint density at radius 2 is 1.73 bits per heavy atom. The summed E-state index contributed by atoms with van der Waals surface area (Å²) in [6.45, 7) is 0. The molecule has 0 radical (unpaired) electrons. The van der Waals surface area contributed by atoms with Gasteiger partial charge in [0.15, 0.2) is 0 Å². The molecule has 0 heterocycles. The van der Waals surface area contributed by atoms with Crippen LogP contribution in [0.25, 0.3) is 0 Å². The van der Waals surface area contributed by atoms with E-state index in [9.17, 15) is 9.59 Å². The normalized spacial score (nSPS) is 14.2. The van der Waals surface area contributed by atoms with E-state index in [2.05, 4.69) is 0 Å². The Kier molecular flexibility index (Phi) is 3.50. The molecule has 0 saturated heterocycles. The zero-order chi connectivity index (χ0) is 11.5. The van der Waals surface area contributed by atoms with Gasteiger partial charge in [-0.1, -0.05) is 0 Å². The Bertz CT molecular complexity index is 376. The van der Waals surface area contributed by atoms with Crippen molar-refractivity contribution in [1.82, 2.24) is 0 Å². The molecule has 0 fully saturated rings. The average Bonchev–Trinajstić information content (AvgIpc) is 2.17. The van der Waals surface area contributed by atoms with E-state index in [1.165, 1.54) is 0 Å². The molecule has 0 bridgehead atoms. The molecule has 1 aromatic rings. The molecule has 1 aromatic carbocycles. The van der Waals surface area contributed by atoms with Crippen molar-refractivity contribution in [1.29, 1.82) is 0 Å². The summed E-state index contributed by atoms with van der Waals surface area (Å²) in [7, 11) is 0. The Morgan fingerprint density at radius 3 is 2.13 bits per heavy atom. The predicted molar refractivity (Wildman–Crippen MR) is 55.2 cm³/mol. The molecular formula is C10H10O4Se. The summed E-state index contributed by atoms with van der Waals surface area (Å²) in [5, 5.41) is 17.7. The van der Waals surface area contributed by atoms with Crippen LogP contribution in [-0.4, -0.2) is 38.2 Å². The standard InChI is InChI=1S/C10H10O4Se/c11-8(12)6-10(15,9(13)14)7-4-2-1-3-5-7/h1-5,15H,6H2,(H,11,12)(H,13,14). The number of carboxylic acids is 2. The molecule has 2 N–H and O–H groups in total. The molecule has 1 atom stereocenters. The fourth-order valence-electron chi connectivity index (χ4n) is 1.23. The van der Waals surface area contributed by atoms with Crippen LogP contribution < -0.4 is 0 Å². The van der Waals surface area contributed by atoms with Gasteiger partial charge in [-0.25, -0.2) is 0 Å². The van der Waals surface area contributed by atoms with Crippen molar-refractivity contribution >= 4 is 28.0 Å². The van der Waals surface area contributed by atoms with E-state index in [-0.39, 0.29) is 0 Å². The van der Waals surface area contributed by atoms with Gasteiger partial charge in [-0.3, -0.25) is 0 Å². The Balaban J connectivity index is 3.13. The van der Waals surface area contributed by atoms with E-state index in [0.717, 1.165) is 0 Å². The molecule has 0 aliphatic heterocycles. The van der Waals surface area contributed by atoms with Crippen molar-refractivity contribution in [2.75, 3.05) is 0 Å². The Hall–Kier alpha value is -1.32. The van der Waals surface area contributed by atoms with Gasteiger partial charge in [0.2, 0.25) is 0 Å². The maximum absolute atomic E-state index is 11.1. The van der Waals surface area contributed by atoms with Crippen LogP contribution in [-0.2, 0) is 13.9 Å². The molecule has 0 aliphatic carbocycles.